The molecule has 0 aliphatic rings. The summed E-state index contributed by atoms with van der Waals surface area (Å²) in [4.78, 5) is 8.07. The topological polar surface area (TPSA) is 58.5 Å². The van der Waals surface area contributed by atoms with Crippen molar-refractivity contribution < 1.29 is 17.9 Å². The Balaban J connectivity index is 2.49. The van der Waals surface area contributed by atoms with E-state index in [4.69, 9.17) is 4.74 Å². The lowest BCUT2D eigenvalue weighted by molar-refractivity contribution is -0.132. The third-order valence-corrected chi connectivity index (χ3v) is 2.96. The van der Waals surface area contributed by atoms with Gasteiger partial charge >= 0.3 is 6.18 Å². The highest BCUT2D eigenvalue weighted by molar-refractivity contribution is 5.79. The second-order valence-corrected chi connectivity index (χ2v) is 4.89. The number of aliphatic imine (C=N–C) groups is 1. The van der Waals surface area contributed by atoms with Crippen LogP contribution < -0.4 is 15.4 Å². The number of ether oxygens (including phenoxy) is 1. The van der Waals surface area contributed by atoms with Crippen LogP contribution in [0.4, 0.5) is 13.2 Å². The molecular formula is C15H23F3N4O. The van der Waals surface area contributed by atoms with Crippen molar-refractivity contribution in [2.75, 3.05) is 20.2 Å². The molecular weight excluding hydrogens is 309 g/mol. The number of rotatable bonds is 8. The first-order valence-corrected chi connectivity index (χ1v) is 7.54. The van der Waals surface area contributed by atoms with Gasteiger partial charge in [-0.2, -0.15) is 13.2 Å². The van der Waals surface area contributed by atoms with E-state index in [9.17, 15) is 13.2 Å². The molecule has 0 bridgehead atoms. The van der Waals surface area contributed by atoms with Crippen molar-refractivity contribution in [1.29, 1.82) is 0 Å². The first-order valence-electron chi connectivity index (χ1n) is 7.54. The lowest BCUT2D eigenvalue weighted by atomic mass is 10.2. The molecule has 130 valence electrons. The van der Waals surface area contributed by atoms with Crippen LogP contribution in [0.1, 0.15) is 31.7 Å². The Morgan fingerprint density at radius 1 is 1.35 bits per heavy atom. The summed E-state index contributed by atoms with van der Waals surface area (Å²) in [5, 5.41) is 5.58. The normalized spacial score (nSPS) is 12.1. The average molecular weight is 332 g/mol. The number of pyridine rings is 1. The van der Waals surface area contributed by atoms with E-state index in [1.165, 1.54) is 7.05 Å². The molecule has 0 saturated heterocycles. The largest absolute Gasteiger partial charge is 0.477 e. The Hall–Kier alpha value is -1.99. The summed E-state index contributed by atoms with van der Waals surface area (Å²) >= 11 is 0. The molecule has 0 aromatic carbocycles. The smallest absolute Gasteiger partial charge is 0.390 e. The van der Waals surface area contributed by atoms with Gasteiger partial charge in [-0.3, -0.25) is 4.99 Å². The fraction of sp³-hybridized carbons (Fsp3) is 0.600. The Kier molecular flexibility index (Phi) is 8.21. The van der Waals surface area contributed by atoms with Gasteiger partial charge in [-0.15, -0.1) is 0 Å². The summed E-state index contributed by atoms with van der Waals surface area (Å²) in [6.07, 6.45) is -1.50. The summed E-state index contributed by atoms with van der Waals surface area (Å²) < 4.78 is 42.0. The van der Waals surface area contributed by atoms with Crippen molar-refractivity contribution in [3.05, 3.63) is 23.9 Å². The van der Waals surface area contributed by atoms with Crippen molar-refractivity contribution in [2.24, 2.45) is 4.99 Å². The number of nitrogens with one attached hydrogen (secondary N) is 2. The third kappa shape index (κ3) is 8.27. The van der Waals surface area contributed by atoms with Crippen molar-refractivity contribution in [1.82, 2.24) is 15.6 Å². The van der Waals surface area contributed by atoms with E-state index >= 15 is 0 Å². The minimum Gasteiger partial charge on any atom is -0.477 e. The van der Waals surface area contributed by atoms with Gasteiger partial charge < -0.3 is 15.4 Å². The van der Waals surface area contributed by atoms with E-state index in [0.29, 0.717) is 25.0 Å². The van der Waals surface area contributed by atoms with E-state index in [0.717, 1.165) is 18.4 Å². The van der Waals surface area contributed by atoms with Crippen LogP contribution >= 0.6 is 0 Å². The fourth-order valence-electron chi connectivity index (χ4n) is 1.72. The molecule has 0 spiro atoms. The van der Waals surface area contributed by atoms with Gasteiger partial charge in [0.1, 0.15) is 0 Å². The SMILES string of the molecule is CCCCOc1ncccc1CNC(=NC)NCCC(F)(F)F. The summed E-state index contributed by atoms with van der Waals surface area (Å²) in [7, 11) is 1.50. The summed E-state index contributed by atoms with van der Waals surface area (Å²) in [6.45, 7) is 2.79. The standard InChI is InChI=1S/C15H23F3N4O/c1-3-4-10-23-13-12(6-5-8-20-13)11-22-14(19-2)21-9-7-15(16,17)18/h5-6,8H,3-4,7,9-11H2,1-2H3,(H2,19,21,22). The Morgan fingerprint density at radius 3 is 2.78 bits per heavy atom. The quantitative estimate of drug-likeness (QED) is 0.437. The van der Waals surface area contributed by atoms with Crippen molar-refractivity contribution in [3.63, 3.8) is 0 Å². The number of alkyl halides is 3. The average Bonchev–Trinajstić information content (AvgIpc) is 2.51. The maximum absolute atomic E-state index is 12.1. The molecule has 1 aromatic heterocycles. The number of hydrogen-bond acceptors (Lipinski definition) is 3. The highest BCUT2D eigenvalue weighted by atomic mass is 19.4. The lowest BCUT2D eigenvalue weighted by Gasteiger charge is -2.14. The zero-order chi connectivity index (χ0) is 17.1. The molecule has 0 atom stereocenters. The van der Waals surface area contributed by atoms with E-state index in [1.54, 1.807) is 12.3 Å². The molecule has 1 aromatic rings. The second-order valence-electron chi connectivity index (χ2n) is 4.89. The van der Waals surface area contributed by atoms with Gasteiger partial charge in [0.2, 0.25) is 5.88 Å². The van der Waals surface area contributed by atoms with Crippen LogP contribution in [0.2, 0.25) is 0 Å². The van der Waals surface area contributed by atoms with Crippen molar-refractivity contribution in [2.45, 2.75) is 38.9 Å². The fourth-order valence-corrected chi connectivity index (χ4v) is 1.72. The molecule has 0 aliphatic carbocycles. The molecule has 0 unspecified atom stereocenters. The minimum absolute atomic E-state index is 0.226. The molecule has 0 aliphatic heterocycles. The molecule has 0 radical (unpaired) electrons. The molecule has 8 heteroatoms. The van der Waals surface area contributed by atoms with Gasteiger partial charge in [-0.05, 0) is 12.5 Å². The lowest BCUT2D eigenvalue weighted by Crippen LogP contribution is -2.38. The summed E-state index contributed by atoms with van der Waals surface area (Å²) in [6, 6.07) is 3.63. The molecule has 0 fully saturated rings. The molecule has 2 N–H and O–H groups in total. The summed E-state index contributed by atoms with van der Waals surface area (Å²) in [5.74, 6) is 0.830. The number of nitrogens with zero attached hydrogens (tertiary/aromatic N) is 2. The zero-order valence-corrected chi connectivity index (χ0v) is 13.4. The van der Waals surface area contributed by atoms with Gasteiger partial charge in [-0.1, -0.05) is 19.4 Å². The molecule has 23 heavy (non-hydrogen) atoms. The van der Waals surface area contributed by atoms with E-state index in [-0.39, 0.29) is 6.54 Å². The van der Waals surface area contributed by atoms with Gasteiger partial charge in [0.05, 0.1) is 13.0 Å². The van der Waals surface area contributed by atoms with E-state index in [1.807, 2.05) is 6.07 Å². The first kappa shape index (κ1) is 19.1. The molecule has 0 saturated carbocycles. The Bertz CT molecular complexity index is 492. The molecule has 1 heterocycles. The molecule has 5 nitrogen and oxygen atoms in total. The molecule has 1 rings (SSSR count). The predicted molar refractivity (Wildman–Crippen MR) is 83.5 cm³/mol. The van der Waals surface area contributed by atoms with E-state index in [2.05, 4.69) is 27.5 Å². The molecule has 0 amide bonds. The highest BCUT2D eigenvalue weighted by Gasteiger charge is 2.26. The predicted octanol–water partition coefficient (Wildman–Crippen LogP) is 2.88. The van der Waals surface area contributed by atoms with Crippen LogP contribution in [0.5, 0.6) is 5.88 Å². The van der Waals surface area contributed by atoms with Gasteiger partial charge in [0.15, 0.2) is 5.96 Å². The number of guanidine groups is 1. The monoisotopic (exact) mass is 332 g/mol. The van der Waals surface area contributed by atoms with Gasteiger partial charge in [0, 0.05) is 31.9 Å². The van der Waals surface area contributed by atoms with Crippen LogP contribution in [0.3, 0.4) is 0 Å². The van der Waals surface area contributed by atoms with Crippen LogP contribution in [-0.2, 0) is 6.54 Å². The van der Waals surface area contributed by atoms with Crippen LogP contribution in [0.15, 0.2) is 23.3 Å². The maximum Gasteiger partial charge on any atom is 0.390 e. The highest BCUT2D eigenvalue weighted by Crippen LogP contribution is 2.18. The van der Waals surface area contributed by atoms with Crippen molar-refractivity contribution >= 4 is 5.96 Å². The van der Waals surface area contributed by atoms with Crippen LogP contribution in [0, 0.1) is 0 Å². The first-order chi connectivity index (χ1) is 11.0. The third-order valence-electron chi connectivity index (χ3n) is 2.96. The zero-order valence-electron chi connectivity index (χ0n) is 13.4. The van der Waals surface area contributed by atoms with Gasteiger partial charge in [-0.25, -0.2) is 4.98 Å². The Labute approximate surface area is 134 Å². The summed E-state index contributed by atoms with van der Waals surface area (Å²) in [5.41, 5.74) is 0.822. The number of unbranched alkanes of at least 4 members (excludes halogenated alkanes) is 1. The van der Waals surface area contributed by atoms with Gasteiger partial charge in [0.25, 0.3) is 0 Å². The Morgan fingerprint density at radius 2 is 2.13 bits per heavy atom. The van der Waals surface area contributed by atoms with E-state index < -0.39 is 12.6 Å². The van der Waals surface area contributed by atoms with Crippen molar-refractivity contribution in [3.8, 4) is 5.88 Å². The van der Waals surface area contributed by atoms with Crippen LogP contribution in [0.25, 0.3) is 0 Å². The number of halogens is 3. The number of aromatic nitrogens is 1. The number of hydrogen-bond donors (Lipinski definition) is 2. The minimum atomic E-state index is -4.19. The maximum atomic E-state index is 12.1. The van der Waals surface area contributed by atoms with Crippen LogP contribution in [-0.4, -0.2) is 37.3 Å². The second kappa shape index (κ2) is 9.91.